The highest BCUT2D eigenvalue weighted by Gasteiger charge is 2.18. The number of hydrogen-bond donors (Lipinski definition) is 2. The summed E-state index contributed by atoms with van der Waals surface area (Å²) in [5.74, 6) is 0. The molecule has 20 heavy (non-hydrogen) atoms. The van der Waals surface area contributed by atoms with Gasteiger partial charge in [0.15, 0.2) is 0 Å². The summed E-state index contributed by atoms with van der Waals surface area (Å²) < 4.78 is 28.5. The van der Waals surface area contributed by atoms with Crippen molar-refractivity contribution < 1.29 is 8.42 Å². The second-order valence-corrected chi connectivity index (χ2v) is 8.07. The van der Waals surface area contributed by atoms with Crippen LogP contribution in [-0.2, 0) is 10.0 Å². The van der Waals surface area contributed by atoms with Crippen LogP contribution in [0.25, 0.3) is 0 Å². The average molecular weight is 427 g/mol. The van der Waals surface area contributed by atoms with Crippen LogP contribution in [0.1, 0.15) is 0 Å². The van der Waals surface area contributed by atoms with Crippen LogP contribution < -0.4 is 10.0 Å². The molecular weight excluding hydrogens is 410 g/mol. The summed E-state index contributed by atoms with van der Waals surface area (Å²) in [6.07, 6.45) is 0. The zero-order chi connectivity index (χ0) is 14.6. The van der Waals surface area contributed by atoms with E-state index in [1.54, 1.807) is 18.2 Å². The van der Waals surface area contributed by atoms with Crippen molar-refractivity contribution in [3.8, 4) is 0 Å². The van der Waals surface area contributed by atoms with Gasteiger partial charge in [-0.2, -0.15) is 0 Å². The summed E-state index contributed by atoms with van der Waals surface area (Å²) in [5.41, 5.74) is 0. The number of sulfonamides is 1. The number of nitrogens with one attached hydrogen (secondary N) is 2. The molecule has 1 aliphatic heterocycles. The lowest BCUT2D eigenvalue weighted by molar-refractivity contribution is 0.245. The second-order valence-electron chi connectivity index (χ2n) is 4.56. The summed E-state index contributed by atoms with van der Waals surface area (Å²) in [7, 11) is -3.48. The Labute approximate surface area is 136 Å². The van der Waals surface area contributed by atoms with Gasteiger partial charge in [-0.3, -0.25) is 4.90 Å². The summed E-state index contributed by atoms with van der Waals surface area (Å²) in [6.45, 7) is 4.99. The van der Waals surface area contributed by atoms with Gasteiger partial charge in [-0.15, -0.1) is 0 Å². The monoisotopic (exact) mass is 425 g/mol. The molecule has 1 aromatic rings. The van der Waals surface area contributed by atoms with Gasteiger partial charge in [-0.25, -0.2) is 13.1 Å². The zero-order valence-electron chi connectivity index (χ0n) is 10.9. The Morgan fingerprint density at radius 1 is 1.25 bits per heavy atom. The second kappa shape index (κ2) is 7.33. The third kappa shape index (κ3) is 4.51. The first kappa shape index (κ1) is 16.4. The maximum atomic E-state index is 12.3. The lowest BCUT2D eigenvalue weighted by atomic mass is 10.3. The molecule has 1 heterocycles. The van der Waals surface area contributed by atoms with Crippen molar-refractivity contribution >= 4 is 41.9 Å². The van der Waals surface area contributed by atoms with Crippen LogP contribution in [0.5, 0.6) is 0 Å². The number of benzene rings is 1. The summed E-state index contributed by atoms with van der Waals surface area (Å²) in [4.78, 5) is 2.50. The van der Waals surface area contributed by atoms with Gasteiger partial charge in [0.2, 0.25) is 10.0 Å². The van der Waals surface area contributed by atoms with E-state index in [-0.39, 0.29) is 4.90 Å². The Hall–Kier alpha value is 0.01000. The van der Waals surface area contributed by atoms with Crippen LogP contribution in [0.2, 0.25) is 0 Å². The molecule has 0 unspecified atom stereocenters. The van der Waals surface area contributed by atoms with E-state index < -0.39 is 10.0 Å². The molecule has 0 atom stereocenters. The van der Waals surface area contributed by atoms with Crippen LogP contribution in [-0.4, -0.2) is 52.6 Å². The third-order valence-electron chi connectivity index (χ3n) is 3.11. The van der Waals surface area contributed by atoms with E-state index in [0.717, 1.165) is 37.2 Å². The minimum absolute atomic E-state index is 0.257. The molecule has 0 aromatic heterocycles. The van der Waals surface area contributed by atoms with Crippen molar-refractivity contribution in [1.29, 1.82) is 0 Å². The number of hydrogen-bond acceptors (Lipinski definition) is 4. The summed E-state index contributed by atoms with van der Waals surface area (Å²) >= 11 is 6.57. The first-order chi connectivity index (χ1) is 9.49. The van der Waals surface area contributed by atoms with Crippen molar-refractivity contribution in [1.82, 2.24) is 14.9 Å². The Kier molecular flexibility index (Phi) is 6.00. The largest absolute Gasteiger partial charge is 0.314 e. The molecule has 1 saturated heterocycles. The Morgan fingerprint density at radius 2 is 1.95 bits per heavy atom. The third-order valence-corrected chi connectivity index (χ3v) is 6.06. The summed E-state index contributed by atoms with van der Waals surface area (Å²) in [6, 6.07) is 5.11. The molecule has 0 radical (unpaired) electrons. The molecule has 1 aromatic carbocycles. The molecular formula is C12H17Br2N3O2S. The van der Waals surface area contributed by atoms with Crippen molar-refractivity contribution in [3.63, 3.8) is 0 Å². The molecule has 112 valence electrons. The fourth-order valence-corrected chi connectivity index (χ4v) is 4.55. The van der Waals surface area contributed by atoms with Gasteiger partial charge in [0.25, 0.3) is 0 Å². The fourth-order valence-electron chi connectivity index (χ4n) is 2.03. The Bertz CT molecular complexity index is 560. The summed E-state index contributed by atoms with van der Waals surface area (Å²) in [5, 5.41) is 3.27. The highest BCUT2D eigenvalue weighted by atomic mass is 79.9. The highest BCUT2D eigenvalue weighted by molar-refractivity contribution is 9.11. The molecule has 0 bridgehead atoms. The van der Waals surface area contributed by atoms with Gasteiger partial charge < -0.3 is 5.32 Å². The SMILES string of the molecule is O=S(=O)(NCCN1CCNCC1)c1cc(Br)ccc1Br. The predicted octanol–water partition coefficient (Wildman–Crippen LogP) is 1.40. The molecule has 2 N–H and O–H groups in total. The molecule has 0 aliphatic carbocycles. The molecule has 0 spiro atoms. The predicted molar refractivity (Wildman–Crippen MR) is 86.3 cm³/mol. The lowest BCUT2D eigenvalue weighted by Gasteiger charge is -2.27. The van der Waals surface area contributed by atoms with E-state index >= 15 is 0 Å². The number of piperazine rings is 1. The zero-order valence-corrected chi connectivity index (χ0v) is 14.9. The van der Waals surface area contributed by atoms with E-state index in [9.17, 15) is 8.42 Å². The number of rotatable bonds is 5. The standard InChI is InChI=1S/C12H17Br2N3O2S/c13-10-1-2-11(14)12(9-10)20(18,19)16-5-8-17-6-3-15-4-7-17/h1-2,9,15-16H,3-8H2. The van der Waals surface area contributed by atoms with Crippen molar-refractivity contribution in [2.24, 2.45) is 0 Å². The highest BCUT2D eigenvalue weighted by Crippen LogP contribution is 2.25. The topological polar surface area (TPSA) is 61.4 Å². The smallest absolute Gasteiger partial charge is 0.241 e. The normalized spacial score (nSPS) is 17.3. The van der Waals surface area contributed by atoms with Gasteiger partial charge in [0.1, 0.15) is 0 Å². The maximum absolute atomic E-state index is 12.3. The van der Waals surface area contributed by atoms with Crippen LogP contribution in [0.3, 0.4) is 0 Å². The minimum atomic E-state index is -3.48. The average Bonchev–Trinajstić information content (AvgIpc) is 2.42. The number of nitrogens with zero attached hydrogens (tertiary/aromatic N) is 1. The Morgan fingerprint density at radius 3 is 2.65 bits per heavy atom. The van der Waals surface area contributed by atoms with Crippen LogP contribution in [0, 0.1) is 0 Å². The minimum Gasteiger partial charge on any atom is -0.314 e. The lowest BCUT2D eigenvalue weighted by Crippen LogP contribution is -2.46. The van der Waals surface area contributed by atoms with Crippen LogP contribution >= 0.6 is 31.9 Å². The van der Waals surface area contributed by atoms with Crippen LogP contribution in [0.15, 0.2) is 32.0 Å². The Balaban J connectivity index is 1.95. The van der Waals surface area contributed by atoms with Gasteiger partial charge in [0, 0.05) is 48.2 Å². The quantitative estimate of drug-likeness (QED) is 0.746. The molecule has 1 aliphatic rings. The van der Waals surface area contributed by atoms with E-state index in [0.29, 0.717) is 11.0 Å². The van der Waals surface area contributed by atoms with Crippen molar-refractivity contribution in [2.45, 2.75) is 4.90 Å². The van der Waals surface area contributed by atoms with E-state index in [4.69, 9.17) is 0 Å². The molecule has 0 amide bonds. The number of halogens is 2. The van der Waals surface area contributed by atoms with Gasteiger partial charge in [-0.1, -0.05) is 15.9 Å². The maximum Gasteiger partial charge on any atom is 0.241 e. The molecule has 5 nitrogen and oxygen atoms in total. The first-order valence-corrected chi connectivity index (χ1v) is 9.44. The van der Waals surface area contributed by atoms with E-state index in [1.807, 2.05) is 0 Å². The van der Waals surface area contributed by atoms with Crippen LogP contribution in [0.4, 0.5) is 0 Å². The molecule has 8 heteroatoms. The van der Waals surface area contributed by atoms with Crippen molar-refractivity contribution in [2.75, 3.05) is 39.3 Å². The van der Waals surface area contributed by atoms with E-state index in [2.05, 4.69) is 46.8 Å². The molecule has 0 saturated carbocycles. The van der Waals surface area contributed by atoms with Gasteiger partial charge in [-0.05, 0) is 34.1 Å². The van der Waals surface area contributed by atoms with Crippen molar-refractivity contribution in [3.05, 3.63) is 27.1 Å². The van der Waals surface area contributed by atoms with Gasteiger partial charge >= 0.3 is 0 Å². The molecule has 1 fully saturated rings. The van der Waals surface area contributed by atoms with E-state index in [1.165, 1.54) is 0 Å². The molecule has 2 rings (SSSR count). The fraction of sp³-hybridized carbons (Fsp3) is 0.500. The first-order valence-electron chi connectivity index (χ1n) is 6.37. The van der Waals surface area contributed by atoms with Gasteiger partial charge in [0.05, 0.1) is 4.90 Å².